The fraction of sp³-hybridized carbons (Fsp3) is 0.471. The van der Waals surface area contributed by atoms with Gasteiger partial charge in [0, 0.05) is 87.9 Å². The van der Waals surface area contributed by atoms with Gasteiger partial charge in [0.1, 0.15) is 0 Å². The highest BCUT2D eigenvalue weighted by molar-refractivity contribution is 6.00. The van der Waals surface area contributed by atoms with E-state index < -0.39 is 6.03 Å². The third-order valence-corrected chi connectivity index (χ3v) is 9.16. The third-order valence-electron chi connectivity index (χ3n) is 9.16. The molecule has 3 saturated heterocycles. The van der Waals surface area contributed by atoms with Gasteiger partial charge in [-0.25, -0.2) is 9.59 Å². The maximum absolute atomic E-state index is 12.9. The molecule has 3 fully saturated rings. The first kappa shape index (κ1) is 33.9. The van der Waals surface area contributed by atoms with Gasteiger partial charge in [-0.05, 0) is 75.5 Å². The maximum Gasteiger partial charge on any atom is 0.323 e. The van der Waals surface area contributed by atoms with Crippen molar-refractivity contribution in [2.24, 2.45) is 0 Å². The predicted molar refractivity (Wildman–Crippen MR) is 188 cm³/mol. The zero-order valence-electron chi connectivity index (χ0n) is 28.4. The number of nitrogens with zero attached hydrogens (tertiary/aromatic N) is 8. The van der Waals surface area contributed by atoms with E-state index in [9.17, 15) is 14.4 Å². The van der Waals surface area contributed by atoms with Gasteiger partial charge in [0.15, 0.2) is 5.82 Å². The molecular formula is C34H45N11O4. The van der Waals surface area contributed by atoms with Crippen LogP contribution in [-0.4, -0.2) is 140 Å². The molecule has 1 unspecified atom stereocenters. The fourth-order valence-corrected chi connectivity index (χ4v) is 6.23. The first-order chi connectivity index (χ1) is 23.8. The highest BCUT2D eigenvalue weighted by atomic mass is 16.5. The van der Waals surface area contributed by atoms with Gasteiger partial charge in [0.25, 0.3) is 5.91 Å². The predicted octanol–water partition coefficient (Wildman–Crippen LogP) is 2.65. The Balaban J connectivity index is 1.11. The second kappa shape index (κ2) is 15.5. The van der Waals surface area contributed by atoms with E-state index in [0.717, 1.165) is 24.9 Å². The number of nitrogens with one attached hydrogen (secondary N) is 3. The van der Waals surface area contributed by atoms with Crippen molar-refractivity contribution in [2.75, 3.05) is 107 Å². The number of morpholine rings is 1. The molecule has 2 aromatic carbocycles. The van der Waals surface area contributed by atoms with Crippen LogP contribution in [0.4, 0.5) is 32.9 Å². The minimum absolute atomic E-state index is 0.00175. The zero-order chi connectivity index (χ0) is 34.3. The molecule has 4 heterocycles. The number of carbonyl (C=O) groups excluding carboxylic acids is 3. The summed E-state index contributed by atoms with van der Waals surface area (Å²) in [5.74, 6) is 1.68. The fourth-order valence-electron chi connectivity index (χ4n) is 6.23. The lowest BCUT2D eigenvalue weighted by molar-refractivity contribution is 0.0783. The van der Waals surface area contributed by atoms with Crippen LogP contribution in [-0.2, 0) is 4.74 Å². The van der Waals surface area contributed by atoms with Crippen LogP contribution < -0.4 is 25.8 Å². The summed E-state index contributed by atoms with van der Waals surface area (Å²) in [7, 11) is 5.71. The van der Waals surface area contributed by atoms with Crippen LogP contribution in [0.2, 0.25) is 0 Å². The highest BCUT2D eigenvalue weighted by Crippen LogP contribution is 2.25. The number of aromatic nitrogens is 3. The Morgan fingerprint density at radius 2 is 1.39 bits per heavy atom. The van der Waals surface area contributed by atoms with Gasteiger partial charge < -0.3 is 45.2 Å². The summed E-state index contributed by atoms with van der Waals surface area (Å²) in [5, 5.41) is 8.41. The summed E-state index contributed by atoms with van der Waals surface area (Å²) in [4.78, 5) is 62.6. The Morgan fingerprint density at radius 1 is 0.755 bits per heavy atom. The topological polar surface area (TPSA) is 151 Å². The monoisotopic (exact) mass is 671 g/mol. The normalized spacial score (nSPS) is 18.3. The number of rotatable bonds is 7. The summed E-state index contributed by atoms with van der Waals surface area (Å²) in [5.41, 5.74) is 2.56. The molecule has 0 bridgehead atoms. The summed E-state index contributed by atoms with van der Waals surface area (Å²) in [6, 6.07) is 14.2. The molecule has 0 aliphatic carbocycles. The van der Waals surface area contributed by atoms with E-state index in [2.05, 4.69) is 30.7 Å². The van der Waals surface area contributed by atoms with Gasteiger partial charge in [-0.1, -0.05) is 0 Å². The molecule has 6 rings (SSSR count). The number of ether oxygens (including phenoxy) is 1. The van der Waals surface area contributed by atoms with Crippen molar-refractivity contribution < 1.29 is 19.1 Å². The first-order valence-electron chi connectivity index (χ1n) is 16.8. The SMILES string of the molecule is CNC(=O)N1CCCN(c2nc(-c3ccc(NC(=O)Nc4ccc(C(=O)N5CCC(N(C)C)C5)cc4)cc3)nc(N3CCOCC3)n2)CC1. The van der Waals surface area contributed by atoms with Crippen molar-refractivity contribution >= 4 is 41.2 Å². The molecule has 0 spiro atoms. The quantitative estimate of drug-likeness (QED) is 0.342. The van der Waals surface area contributed by atoms with Gasteiger partial charge >= 0.3 is 12.1 Å². The first-order valence-corrected chi connectivity index (χ1v) is 16.8. The Labute approximate surface area is 286 Å². The molecule has 5 amide bonds. The molecule has 260 valence electrons. The molecule has 3 aliphatic rings. The van der Waals surface area contributed by atoms with E-state index in [0.29, 0.717) is 99.7 Å². The zero-order valence-corrected chi connectivity index (χ0v) is 28.4. The lowest BCUT2D eigenvalue weighted by Gasteiger charge is -2.28. The van der Waals surface area contributed by atoms with E-state index in [1.165, 1.54) is 0 Å². The lowest BCUT2D eigenvalue weighted by atomic mass is 10.2. The Kier molecular flexibility index (Phi) is 10.7. The molecule has 0 saturated carbocycles. The number of carbonyl (C=O) groups is 3. The van der Waals surface area contributed by atoms with Gasteiger partial charge in [0.05, 0.1) is 13.2 Å². The van der Waals surface area contributed by atoms with Crippen LogP contribution >= 0.6 is 0 Å². The van der Waals surface area contributed by atoms with Crippen molar-refractivity contribution in [1.29, 1.82) is 0 Å². The van der Waals surface area contributed by atoms with Crippen LogP contribution in [0.3, 0.4) is 0 Å². The summed E-state index contributed by atoms with van der Waals surface area (Å²) in [6.45, 7) is 6.56. The lowest BCUT2D eigenvalue weighted by Crippen LogP contribution is -2.41. The van der Waals surface area contributed by atoms with Crippen molar-refractivity contribution in [3.63, 3.8) is 0 Å². The number of likely N-dealkylation sites (N-methyl/N-ethyl adjacent to an activating group) is 1. The average Bonchev–Trinajstić information content (AvgIpc) is 3.50. The summed E-state index contributed by atoms with van der Waals surface area (Å²) < 4.78 is 5.55. The number of anilines is 4. The average molecular weight is 672 g/mol. The summed E-state index contributed by atoms with van der Waals surface area (Å²) >= 11 is 0. The second-order valence-corrected chi connectivity index (χ2v) is 12.6. The van der Waals surface area contributed by atoms with Gasteiger partial charge in [-0.15, -0.1) is 0 Å². The number of benzene rings is 2. The third kappa shape index (κ3) is 8.35. The van der Waals surface area contributed by atoms with Gasteiger partial charge in [0.2, 0.25) is 11.9 Å². The van der Waals surface area contributed by atoms with Crippen molar-refractivity contribution in [1.82, 2.24) is 35.0 Å². The minimum Gasteiger partial charge on any atom is -0.378 e. The molecule has 3 aliphatic heterocycles. The Bertz CT molecular complexity index is 1610. The smallest absolute Gasteiger partial charge is 0.323 e. The van der Waals surface area contributed by atoms with Crippen LogP contribution in [0.25, 0.3) is 11.4 Å². The molecule has 49 heavy (non-hydrogen) atoms. The van der Waals surface area contributed by atoms with E-state index in [-0.39, 0.29) is 11.9 Å². The van der Waals surface area contributed by atoms with Gasteiger partial charge in [-0.3, -0.25) is 4.79 Å². The van der Waals surface area contributed by atoms with Crippen molar-refractivity contribution in [3.05, 3.63) is 54.1 Å². The van der Waals surface area contributed by atoms with Crippen LogP contribution in [0.1, 0.15) is 23.2 Å². The molecular weight excluding hydrogens is 626 g/mol. The Morgan fingerprint density at radius 3 is 2.00 bits per heavy atom. The van der Waals surface area contributed by atoms with Crippen LogP contribution in [0.15, 0.2) is 48.5 Å². The maximum atomic E-state index is 12.9. The minimum atomic E-state index is -0.399. The van der Waals surface area contributed by atoms with Crippen LogP contribution in [0.5, 0.6) is 0 Å². The van der Waals surface area contributed by atoms with Gasteiger partial charge in [-0.2, -0.15) is 15.0 Å². The number of hydrogen-bond acceptors (Lipinski definition) is 10. The van der Waals surface area contributed by atoms with Crippen LogP contribution in [0, 0.1) is 0 Å². The Hall–Kier alpha value is -5.02. The number of amides is 5. The standard InChI is InChI=1S/C34H45N11O4/c1-35-34(48)44-15-4-14-42(17-18-44)31-38-29(39-32(40-31)43-19-21-49-22-20-43)24-5-9-26(10-6-24)36-33(47)37-27-11-7-25(8-12-27)30(46)45-16-13-28(23-45)41(2)3/h5-12,28H,4,13-23H2,1-3H3,(H,35,48)(H2,36,37,47). The molecule has 0 radical (unpaired) electrons. The molecule has 1 atom stereocenters. The summed E-state index contributed by atoms with van der Waals surface area (Å²) in [6.07, 6.45) is 1.76. The highest BCUT2D eigenvalue weighted by Gasteiger charge is 2.28. The second-order valence-electron chi connectivity index (χ2n) is 12.6. The number of likely N-dealkylation sites (tertiary alicyclic amines) is 1. The molecule has 3 N–H and O–H groups in total. The van der Waals surface area contributed by atoms with E-state index in [1.54, 1.807) is 48.3 Å². The van der Waals surface area contributed by atoms with Crippen molar-refractivity contribution in [2.45, 2.75) is 18.9 Å². The molecule has 1 aromatic heterocycles. The van der Waals surface area contributed by atoms with E-state index in [1.807, 2.05) is 31.1 Å². The molecule has 15 heteroatoms. The van der Waals surface area contributed by atoms with E-state index >= 15 is 0 Å². The van der Waals surface area contributed by atoms with Crippen molar-refractivity contribution in [3.8, 4) is 11.4 Å². The largest absolute Gasteiger partial charge is 0.378 e. The number of urea groups is 2. The molecule has 3 aromatic rings. The molecule has 15 nitrogen and oxygen atoms in total. The number of hydrogen-bond donors (Lipinski definition) is 3. The van der Waals surface area contributed by atoms with E-state index in [4.69, 9.17) is 19.7 Å².